The molecule has 0 radical (unpaired) electrons. The molecule has 1 rings (SSSR count). The van der Waals surface area contributed by atoms with Gasteiger partial charge in [0.05, 0.1) is 0 Å². The van der Waals surface area contributed by atoms with Crippen LogP contribution in [0.2, 0.25) is 0 Å². The fourth-order valence-electron chi connectivity index (χ4n) is 1.21. The van der Waals surface area contributed by atoms with E-state index in [1.807, 2.05) is 0 Å². The summed E-state index contributed by atoms with van der Waals surface area (Å²) in [6, 6.07) is 3.71. The van der Waals surface area contributed by atoms with Crippen molar-refractivity contribution in [2.75, 3.05) is 18.1 Å². The summed E-state index contributed by atoms with van der Waals surface area (Å²) in [4.78, 5) is -0.409. The molecule has 0 saturated heterocycles. The topological polar surface area (TPSA) is 63.2 Å². The number of hydrogen-bond donors (Lipinski definition) is 1. The fraction of sp³-hybridized carbons (Fsp3) is 0.400. The highest BCUT2D eigenvalue weighted by Gasteiger charge is 2.18. The van der Waals surface area contributed by atoms with Crippen molar-refractivity contribution in [2.24, 2.45) is 0 Å². The second-order valence-corrected chi connectivity index (χ2v) is 7.92. The highest BCUT2D eigenvalue weighted by molar-refractivity contribution is 9.10. The number of halogens is 2. The fourth-order valence-corrected chi connectivity index (χ4v) is 3.37. The van der Waals surface area contributed by atoms with E-state index in [9.17, 15) is 17.0 Å². The maximum Gasteiger partial charge on any atom is 0.243 e. The molecule has 1 unspecified atom stereocenters. The molecule has 0 aliphatic heterocycles. The molecule has 0 bridgehead atoms. The van der Waals surface area contributed by atoms with Crippen molar-refractivity contribution in [3.05, 3.63) is 28.5 Å². The van der Waals surface area contributed by atoms with Crippen LogP contribution in [0.1, 0.15) is 6.92 Å². The lowest BCUT2D eigenvalue weighted by atomic mass is 10.3. The van der Waals surface area contributed by atoms with Gasteiger partial charge in [0, 0.05) is 33.3 Å². The van der Waals surface area contributed by atoms with Crippen LogP contribution in [0.4, 0.5) is 4.39 Å². The first-order chi connectivity index (χ1) is 8.36. The predicted octanol–water partition coefficient (Wildman–Crippen LogP) is 1.64. The molecule has 1 aromatic carbocycles. The van der Waals surface area contributed by atoms with Crippen LogP contribution in [0.25, 0.3) is 0 Å². The maximum absolute atomic E-state index is 13.5. The SMILES string of the molecule is CCS(=O)CCNS(=O)(=O)c1ccc(Br)cc1F. The summed E-state index contributed by atoms with van der Waals surface area (Å²) in [5, 5.41) is 0. The van der Waals surface area contributed by atoms with E-state index in [-0.39, 0.29) is 12.3 Å². The standard InChI is InChI=1S/C10H13BrFNO3S2/c1-2-17(14)6-5-13-18(15,16)10-4-3-8(11)7-9(10)12/h3-4,7,13H,2,5-6H2,1H3. The molecule has 102 valence electrons. The zero-order chi connectivity index (χ0) is 13.8. The average Bonchev–Trinajstić information content (AvgIpc) is 2.27. The summed E-state index contributed by atoms with van der Waals surface area (Å²) in [6.07, 6.45) is 0. The molecule has 18 heavy (non-hydrogen) atoms. The summed E-state index contributed by atoms with van der Waals surface area (Å²) in [7, 11) is -4.95. The van der Waals surface area contributed by atoms with Gasteiger partial charge in [-0.15, -0.1) is 0 Å². The van der Waals surface area contributed by atoms with Gasteiger partial charge in [-0.05, 0) is 18.2 Å². The van der Waals surface area contributed by atoms with E-state index in [0.717, 1.165) is 6.07 Å². The van der Waals surface area contributed by atoms with Crippen LogP contribution >= 0.6 is 15.9 Å². The van der Waals surface area contributed by atoms with Gasteiger partial charge >= 0.3 is 0 Å². The van der Waals surface area contributed by atoms with Crippen molar-refractivity contribution >= 4 is 36.8 Å². The van der Waals surface area contributed by atoms with Crippen LogP contribution in [-0.4, -0.2) is 30.7 Å². The molecule has 0 aliphatic rings. The Balaban J connectivity index is 2.77. The van der Waals surface area contributed by atoms with Crippen LogP contribution in [0.15, 0.2) is 27.6 Å². The maximum atomic E-state index is 13.5. The number of rotatable bonds is 6. The minimum atomic E-state index is -3.89. The third kappa shape index (κ3) is 4.42. The molecule has 0 spiro atoms. The van der Waals surface area contributed by atoms with Crippen molar-refractivity contribution in [1.82, 2.24) is 4.72 Å². The Morgan fingerprint density at radius 1 is 1.44 bits per heavy atom. The van der Waals surface area contributed by atoms with Crippen LogP contribution in [0, 0.1) is 5.82 Å². The number of benzene rings is 1. The van der Waals surface area contributed by atoms with E-state index >= 15 is 0 Å². The Bertz CT molecular complexity index is 548. The lowest BCUT2D eigenvalue weighted by molar-refractivity contribution is 0.558. The van der Waals surface area contributed by atoms with Gasteiger partial charge in [0.1, 0.15) is 10.7 Å². The zero-order valence-corrected chi connectivity index (χ0v) is 12.9. The first-order valence-corrected chi connectivity index (χ1v) is 8.93. The molecule has 0 aliphatic carbocycles. The van der Waals surface area contributed by atoms with E-state index in [1.165, 1.54) is 12.1 Å². The monoisotopic (exact) mass is 357 g/mol. The average molecular weight is 358 g/mol. The van der Waals surface area contributed by atoms with E-state index in [1.54, 1.807) is 6.92 Å². The predicted molar refractivity (Wildman–Crippen MR) is 72.8 cm³/mol. The van der Waals surface area contributed by atoms with Gasteiger partial charge in [0.2, 0.25) is 10.0 Å². The van der Waals surface area contributed by atoms with Gasteiger partial charge in [-0.25, -0.2) is 17.5 Å². The summed E-state index contributed by atoms with van der Waals surface area (Å²) >= 11 is 3.05. The largest absolute Gasteiger partial charge is 0.260 e. The van der Waals surface area contributed by atoms with Crippen molar-refractivity contribution in [3.8, 4) is 0 Å². The van der Waals surface area contributed by atoms with Gasteiger partial charge < -0.3 is 0 Å². The van der Waals surface area contributed by atoms with Crippen molar-refractivity contribution < 1.29 is 17.0 Å². The van der Waals surface area contributed by atoms with Crippen LogP contribution in [-0.2, 0) is 20.8 Å². The first-order valence-electron chi connectivity index (χ1n) is 5.16. The minimum Gasteiger partial charge on any atom is -0.260 e. The molecule has 0 amide bonds. The van der Waals surface area contributed by atoms with Crippen LogP contribution in [0.3, 0.4) is 0 Å². The van der Waals surface area contributed by atoms with Gasteiger partial charge in [0.25, 0.3) is 0 Å². The van der Waals surface area contributed by atoms with Crippen molar-refractivity contribution in [2.45, 2.75) is 11.8 Å². The van der Waals surface area contributed by atoms with Crippen LogP contribution < -0.4 is 4.72 Å². The smallest absolute Gasteiger partial charge is 0.243 e. The van der Waals surface area contributed by atoms with E-state index in [4.69, 9.17) is 0 Å². The number of nitrogens with one attached hydrogen (secondary N) is 1. The number of hydrogen-bond acceptors (Lipinski definition) is 3. The quantitative estimate of drug-likeness (QED) is 0.841. The molecular formula is C10H13BrFNO3S2. The van der Waals surface area contributed by atoms with E-state index < -0.39 is 31.5 Å². The molecule has 4 nitrogen and oxygen atoms in total. The molecule has 1 atom stereocenters. The third-order valence-corrected chi connectivity index (χ3v) is 5.42. The molecule has 0 aromatic heterocycles. The summed E-state index contributed by atoms with van der Waals surface area (Å²) in [6.45, 7) is 1.78. The number of sulfonamides is 1. The molecular weight excluding hydrogens is 345 g/mol. The highest BCUT2D eigenvalue weighted by atomic mass is 79.9. The third-order valence-electron chi connectivity index (χ3n) is 2.13. The second-order valence-electron chi connectivity index (χ2n) is 3.41. The minimum absolute atomic E-state index is 0.0261. The summed E-state index contributed by atoms with van der Waals surface area (Å²) in [5.41, 5.74) is 0. The Hall–Kier alpha value is -0.310. The second kappa shape index (κ2) is 6.74. The molecule has 0 saturated carbocycles. The zero-order valence-electron chi connectivity index (χ0n) is 9.65. The Morgan fingerprint density at radius 3 is 2.67 bits per heavy atom. The lowest BCUT2D eigenvalue weighted by Gasteiger charge is -2.07. The normalized spacial score (nSPS) is 13.5. The summed E-state index contributed by atoms with van der Waals surface area (Å²) < 4.78 is 50.9. The molecule has 8 heteroatoms. The van der Waals surface area contributed by atoms with Crippen molar-refractivity contribution in [1.29, 1.82) is 0 Å². The van der Waals surface area contributed by atoms with Crippen molar-refractivity contribution in [3.63, 3.8) is 0 Å². The summed E-state index contributed by atoms with van der Waals surface area (Å²) in [5.74, 6) is -0.143. The van der Waals surface area contributed by atoms with E-state index in [0.29, 0.717) is 10.2 Å². The van der Waals surface area contributed by atoms with Crippen LogP contribution in [0.5, 0.6) is 0 Å². The van der Waals surface area contributed by atoms with Gasteiger partial charge in [-0.1, -0.05) is 22.9 Å². The van der Waals surface area contributed by atoms with E-state index in [2.05, 4.69) is 20.7 Å². The Kier molecular flexibility index (Phi) is 5.90. The first kappa shape index (κ1) is 15.7. The molecule has 0 heterocycles. The van der Waals surface area contributed by atoms with Gasteiger partial charge in [0.15, 0.2) is 0 Å². The molecule has 0 fully saturated rings. The molecule has 1 N–H and O–H groups in total. The highest BCUT2D eigenvalue weighted by Crippen LogP contribution is 2.18. The Labute approximate surface area is 117 Å². The van der Waals surface area contributed by atoms with Gasteiger partial charge in [-0.2, -0.15) is 0 Å². The van der Waals surface area contributed by atoms with Gasteiger partial charge in [-0.3, -0.25) is 4.21 Å². The Morgan fingerprint density at radius 2 is 2.11 bits per heavy atom. The molecule has 1 aromatic rings. The lowest BCUT2D eigenvalue weighted by Crippen LogP contribution is -2.28.